The maximum absolute atomic E-state index is 9.96. The average molecular weight is 269 g/mol. The molecule has 0 aliphatic rings. The lowest BCUT2D eigenvalue weighted by atomic mass is 10.1. The van der Waals surface area contributed by atoms with Crippen LogP contribution in [0.2, 0.25) is 0 Å². The molecule has 3 N–H and O–H groups in total. The van der Waals surface area contributed by atoms with Gasteiger partial charge in [0.1, 0.15) is 5.75 Å². The van der Waals surface area contributed by atoms with Crippen molar-refractivity contribution in [1.82, 2.24) is 5.32 Å². The molecule has 3 heteroatoms. The summed E-state index contributed by atoms with van der Waals surface area (Å²) >= 11 is 0. The number of benzene rings is 2. The van der Waals surface area contributed by atoms with Crippen LogP contribution in [0.3, 0.4) is 0 Å². The lowest BCUT2D eigenvalue weighted by Crippen LogP contribution is -2.21. The molecule has 2 aromatic rings. The minimum atomic E-state index is -0.569. The van der Waals surface area contributed by atoms with E-state index < -0.39 is 6.10 Å². The van der Waals surface area contributed by atoms with Gasteiger partial charge in [0.15, 0.2) is 0 Å². The largest absolute Gasteiger partial charge is 0.508 e. The molecule has 2 rings (SSSR count). The monoisotopic (exact) mass is 269 g/mol. The summed E-state index contributed by atoms with van der Waals surface area (Å²) in [4.78, 5) is 0. The van der Waals surface area contributed by atoms with E-state index in [1.54, 1.807) is 24.3 Å². The lowest BCUT2D eigenvalue weighted by Gasteiger charge is -2.11. The van der Waals surface area contributed by atoms with Crippen molar-refractivity contribution in [2.24, 2.45) is 0 Å². The highest BCUT2D eigenvalue weighted by Gasteiger charge is 2.05. The van der Waals surface area contributed by atoms with Gasteiger partial charge < -0.3 is 15.5 Å². The fourth-order valence-corrected chi connectivity index (χ4v) is 1.88. The highest BCUT2D eigenvalue weighted by Crippen LogP contribution is 2.15. The molecule has 1 unspecified atom stereocenters. The maximum Gasteiger partial charge on any atom is 0.115 e. The topological polar surface area (TPSA) is 52.5 Å². The zero-order valence-electron chi connectivity index (χ0n) is 11.2. The summed E-state index contributed by atoms with van der Waals surface area (Å²) in [7, 11) is 0. The number of phenols is 1. The van der Waals surface area contributed by atoms with Crippen LogP contribution in [-0.4, -0.2) is 23.3 Å². The summed E-state index contributed by atoms with van der Waals surface area (Å²) < 4.78 is 0. The normalized spacial score (nSPS) is 12.7. The Hall–Kier alpha value is -2.10. The molecule has 0 heterocycles. The highest BCUT2D eigenvalue weighted by molar-refractivity contribution is 5.48. The second kappa shape index (κ2) is 7.48. The molecule has 104 valence electrons. The summed E-state index contributed by atoms with van der Waals surface area (Å²) in [6, 6.07) is 16.7. The zero-order chi connectivity index (χ0) is 14.2. The van der Waals surface area contributed by atoms with E-state index in [9.17, 15) is 10.2 Å². The van der Waals surface area contributed by atoms with Crippen LogP contribution < -0.4 is 5.32 Å². The Morgan fingerprint density at radius 2 is 1.70 bits per heavy atom. The summed E-state index contributed by atoms with van der Waals surface area (Å²) in [5.74, 6) is 0.208. The first-order valence-corrected chi connectivity index (χ1v) is 6.65. The number of rotatable bonds is 6. The van der Waals surface area contributed by atoms with Gasteiger partial charge in [0, 0.05) is 13.1 Å². The summed E-state index contributed by atoms with van der Waals surface area (Å²) in [5, 5.41) is 22.3. The van der Waals surface area contributed by atoms with E-state index in [4.69, 9.17) is 0 Å². The molecule has 0 bridgehead atoms. The highest BCUT2D eigenvalue weighted by atomic mass is 16.3. The minimum absolute atomic E-state index is 0.208. The predicted molar refractivity (Wildman–Crippen MR) is 81.4 cm³/mol. The first kappa shape index (κ1) is 14.3. The van der Waals surface area contributed by atoms with Crippen molar-refractivity contribution in [3.8, 4) is 5.75 Å². The third kappa shape index (κ3) is 4.53. The van der Waals surface area contributed by atoms with Crippen molar-refractivity contribution >= 4 is 6.08 Å². The SMILES string of the molecule is Oc1ccc(C(O)CNC/C=C/c2ccccc2)cc1. The molecule has 0 fully saturated rings. The molecule has 0 radical (unpaired) electrons. The van der Waals surface area contributed by atoms with Gasteiger partial charge in [-0.15, -0.1) is 0 Å². The second-order valence-corrected chi connectivity index (χ2v) is 4.58. The molecule has 3 nitrogen and oxygen atoms in total. The van der Waals surface area contributed by atoms with Crippen LogP contribution in [0.5, 0.6) is 5.75 Å². The molecule has 0 saturated heterocycles. The molecule has 0 amide bonds. The maximum atomic E-state index is 9.96. The Bertz CT molecular complexity index is 535. The number of aliphatic hydroxyl groups is 1. The molecular weight excluding hydrogens is 250 g/mol. The van der Waals surface area contributed by atoms with Crippen molar-refractivity contribution in [3.05, 3.63) is 71.8 Å². The van der Waals surface area contributed by atoms with E-state index >= 15 is 0 Å². The van der Waals surface area contributed by atoms with Gasteiger partial charge in [-0.05, 0) is 23.3 Å². The smallest absolute Gasteiger partial charge is 0.115 e. The van der Waals surface area contributed by atoms with Crippen molar-refractivity contribution < 1.29 is 10.2 Å². The summed E-state index contributed by atoms with van der Waals surface area (Å²) in [6.45, 7) is 1.17. The number of nitrogens with one attached hydrogen (secondary N) is 1. The third-order valence-electron chi connectivity index (χ3n) is 2.99. The predicted octanol–water partition coefficient (Wildman–Crippen LogP) is 2.73. The average Bonchev–Trinajstić information content (AvgIpc) is 2.48. The molecule has 2 aromatic carbocycles. The molecule has 0 aliphatic carbocycles. The fraction of sp³-hybridized carbons (Fsp3) is 0.176. The van der Waals surface area contributed by atoms with Crippen molar-refractivity contribution in [3.63, 3.8) is 0 Å². The van der Waals surface area contributed by atoms with Gasteiger partial charge in [0.25, 0.3) is 0 Å². The Balaban J connectivity index is 1.73. The van der Waals surface area contributed by atoms with Crippen LogP contribution >= 0.6 is 0 Å². The lowest BCUT2D eigenvalue weighted by molar-refractivity contribution is 0.176. The molecule has 1 atom stereocenters. The van der Waals surface area contributed by atoms with Gasteiger partial charge in [-0.2, -0.15) is 0 Å². The Kier molecular flexibility index (Phi) is 5.35. The number of hydrogen-bond acceptors (Lipinski definition) is 3. The number of aliphatic hydroxyl groups excluding tert-OH is 1. The molecule has 0 aliphatic heterocycles. The quantitative estimate of drug-likeness (QED) is 0.707. The van der Waals surface area contributed by atoms with Crippen molar-refractivity contribution in [1.29, 1.82) is 0 Å². The van der Waals surface area contributed by atoms with E-state index in [1.807, 2.05) is 42.5 Å². The molecule has 0 saturated carbocycles. The Labute approximate surface area is 119 Å². The van der Waals surface area contributed by atoms with Gasteiger partial charge in [-0.1, -0.05) is 54.6 Å². The third-order valence-corrected chi connectivity index (χ3v) is 2.99. The minimum Gasteiger partial charge on any atom is -0.508 e. The fourth-order valence-electron chi connectivity index (χ4n) is 1.88. The van der Waals surface area contributed by atoms with Gasteiger partial charge in [0.05, 0.1) is 6.10 Å². The van der Waals surface area contributed by atoms with Crippen LogP contribution in [0.1, 0.15) is 17.2 Å². The van der Waals surface area contributed by atoms with Crippen LogP contribution in [-0.2, 0) is 0 Å². The molecule has 0 spiro atoms. The number of aromatic hydroxyl groups is 1. The molecule has 0 aromatic heterocycles. The summed E-state index contributed by atoms with van der Waals surface area (Å²) in [6.07, 6.45) is 3.50. The first-order valence-electron chi connectivity index (χ1n) is 6.65. The first-order chi connectivity index (χ1) is 9.75. The van der Waals surface area contributed by atoms with E-state index in [0.29, 0.717) is 13.1 Å². The van der Waals surface area contributed by atoms with Gasteiger partial charge in [-0.3, -0.25) is 0 Å². The van der Waals surface area contributed by atoms with Gasteiger partial charge in [-0.25, -0.2) is 0 Å². The van der Waals surface area contributed by atoms with Crippen LogP contribution in [0, 0.1) is 0 Å². The van der Waals surface area contributed by atoms with Crippen LogP contribution in [0.15, 0.2) is 60.7 Å². The van der Waals surface area contributed by atoms with E-state index in [2.05, 4.69) is 5.32 Å². The Morgan fingerprint density at radius 3 is 2.40 bits per heavy atom. The van der Waals surface area contributed by atoms with Crippen LogP contribution in [0.4, 0.5) is 0 Å². The van der Waals surface area contributed by atoms with Gasteiger partial charge in [0.2, 0.25) is 0 Å². The van der Waals surface area contributed by atoms with Gasteiger partial charge >= 0.3 is 0 Å². The van der Waals surface area contributed by atoms with Crippen LogP contribution in [0.25, 0.3) is 6.08 Å². The van der Waals surface area contributed by atoms with Crippen molar-refractivity contribution in [2.75, 3.05) is 13.1 Å². The second-order valence-electron chi connectivity index (χ2n) is 4.58. The van der Waals surface area contributed by atoms with E-state index in [1.165, 1.54) is 0 Å². The number of phenolic OH excluding ortho intramolecular Hbond substituents is 1. The zero-order valence-corrected chi connectivity index (χ0v) is 11.2. The van der Waals surface area contributed by atoms with E-state index in [-0.39, 0.29) is 5.75 Å². The van der Waals surface area contributed by atoms with Crippen molar-refractivity contribution in [2.45, 2.75) is 6.10 Å². The Morgan fingerprint density at radius 1 is 1.00 bits per heavy atom. The molecule has 20 heavy (non-hydrogen) atoms. The van der Waals surface area contributed by atoms with E-state index in [0.717, 1.165) is 11.1 Å². The molecular formula is C17H19NO2. The standard InChI is InChI=1S/C17H19NO2/c19-16-10-8-15(9-11-16)17(20)13-18-12-4-7-14-5-2-1-3-6-14/h1-11,17-20H,12-13H2/b7-4+. The summed E-state index contributed by atoms with van der Waals surface area (Å²) in [5.41, 5.74) is 1.95. The number of hydrogen-bond donors (Lipinski definition) is 3.